The van der Waals surface area contributed by atoms with Crippen LogP contribution < -0.4 is 9.47 Å². The summed E-state index contributed by atoms with van der Waals surface area (Å²) in [4.78, 5) is 1.97. The van der Waals surface area contributed by atoms with Crippen LogP contribution in [0, 0.1) is 6.92 Å². The van der Waals surface area contributed by atoms with Crippen LogP contribution in [0.1, 0.15) is 11.5 Å². The molecule has 0 fully saturated rings. The number of aryl methyl sites for hydroxylation is 1. The summed E-state index contributed by atoms with van der Waals surface area (Å²) in [6.07, 6.45) is -0.608. The highest BCUT2D eigenvalue weighted by Crippen LogP contribution is 2.23. The second-order valence-electron chi connectivity index (χ2n) is 6.48. The molecule has 6 heteroatoms. The summed E-state index contributed by atoms with van der Waals surface area (Å²) < 4.78 is 16.5. The van der Waals surface area contributed by atoms with E-state index in [1.54, 1.807) is 0 Å². The number of likely N-dealkylation sites (N-methyl/N-ethyl adjacent to an activating group) is 1. The van der Waals surface area contributed by atoms with Crippen LogP contribution in [0.3, 0.4) is 0 Å². The molecular formula is C21H24N2O4. The molecule has 0 aliphatic heterocycles. The number of benzene rings is 2. The molecule has 1 unspecified atom stereocenters. The highest BCUT2D eigenvalue weighted by atomic mass is 16.5. The van der Waals surface area contributed by atoms with Gasteiger partial charge >= 0.3 is 0 Å². The zero-order valence-corrected chi connectivity index (χ0v) is 15.5. The molecule has 0 spiro atoms. The summed E-state index contributed by atoms with van der Waals surface area (Å²) in [6, 6.07) is 18.8. The van der Waals surface area contributed by atoms with Gasteiger partial charge in [-0.2, -0.15) is 0 Å². The van der Waals surface area contributed by atoms with E-state index in [1.165, 1.54) is 0 Å². The Morgan fingerprint density at radius 1 is 1.04 bits per heavy atom. The molecule has 0 amide bonds. The van der Waals surface area contributed by atoms with E-state index in [0.29, 0.717) is 18.8 Å². The standard InChI is InChI=1S/C21H24N2O4/c1-16-12-17(22-27-16)13-23(2)14-18(24)15-25-19-8-10-21(11-9-19)26-20-6-4-3-5-7-20/h3-12,18,24H,13-15H2,1-2H3. The number of aromatic nitrogens is 1. The topological polar surface area (TPSA) is 68.0 Å². The van der Waals surface area contributed by atoms with Crippen molar-refractivity contribution in [1.82, 2.24) is 10.1 Å². The Bertz CT molecular complexity index is 818. The van der Waals surface area contributed by atoms with Crippen LogP contribution in [0.2, 0.25) is 0 Å². The zero-order chi connectivity index (χ0) is 19.1. The first-order chi connectivity index (χ1) is 13.1. The van der Waals surface area contributed by atoms with Crippen LogP contribution in [0.4, 0.5) is 0 Å². The lowest BCUT2D eigenvalue weighted by Crippen LogP contribution is -2.32. The van der Waals surface area contributed by atoms with E-state index in [1.807, 2.05) is 79.5 Å². The van der Waals surface area contributed by atoms with E-state index in [9.17, 15) is 5.11 Å². The minimum Gasteiger partial charge on any atom is -0.491 e. The molecular weight excluding hydrogens is 344 g/mol. The molecule has 142 valence electrons. The van der Waals surface area contributed by atoms with Crippen molar-refractivity contribution in [3.05, 3.63) is 72.1 Å². The van der Waals surface area contributed by atoms with Gasteiger partial charge in [-0.25, -0.2) is 0 Å². The summed E-state index contributed by atoms with van der Waals surface area (Å²) in [5.74, 6) is 2.98. The van der Waals surface area contributed by atoms with Crippen LogP contribution in [-0.2, 0) is 6.54 Å². The third-order valence-corrected chi connectivity index (χ3v) is 3.88. The van der Waals surface area contributed by atoms with Gasteiger partial charge in [0.05, 0.1) is 5.69 Å². The van der Waals surface area contributed by atoms with Gasteiger partial charge in [0.25, 0.3) is 0 Å². The fourth-order valence-electron chi connectivity index (χ4n) is 2.67. The van der Waals surface area contributed by atoms with E-state index in [2.05, 4.69) is 5.16 Å². The average Bonchev–Trinajstić information content (AvgIpc) is 3.06. The maximum atomic E-state index is 10.2. The molecule has 0 radical (unpaired) electrons. The van der Waals surface area contributed by atoms with Crippen LogP contribution in [0.5, 0.6) is 17.2 Å². The van der Waals surface area contributed by atoms with Gasteiger partial charge in [0.15, 0.2) is 0 Å². The molecule has 0 aliphatic carbocycles. The molecule has 1 N–H and O–H groups in total. The minimum atomic E-state index is -0.608. The van der Waals surface area contributed by atoms with Crippen molar-refractivity contribution in [1.29, 1.82) is 0 Å². The Hall–Kier alpha value is -2.83. The first-order valence-electron chi connectivity index (χ1n) is 8.83. The van der Waals surface area contributed by atoms with Crippen LogP contribution in [0.15, 0.2) is 65.2 Å². The minimum absolute atomic E-state index is 0.209. The van der Waals surface area contributed by atoms with E-state index in [0.717, 1.165) is 23.0 Å². The average molecular weight is 368 g/mol. The molecule has 1 atom stereocenters. The summed E-state index contributed by atoms with van der Waals surface area (Å²) in [5.41, 5.74) is 0.845. The first kappa shape index (κ1) is 18.9. The van der Waals surface area contributed by atoms with Gasteiger partial charge in [-0.15, -0.1) is 0 Å². The Morgan fingerprint density at radius 2 is 1.70 bits per heavy atom. The van der Waals surface area contributed by atoms with Gasteiger partial charge < -0.3 is 19.1 Å². The van der Waals surface area contributed by atoms with Crippen LogP contribution in [0.25, 0.3) is 0 Å². The highest BCUT2D eigenvalue weighted by molar-refractivity contribution is 5.35. The monoisotopic (exact) mass is 368 g/mol. The van der Waals surface area contributed by atoms with Crippen LogP contribution in [-0.4, -0.2) is 41.5 Å². The van der Waals surface area contributed by atoms with Gasteiger partial charge in [-0.05, 0) is 50.4 Å². The molecule has 27 heavy (non-hydrogen) atoms. The smallest absolute Gasteiger partial charge is 0.133 e. The zero-order valence-electron chi connectivity index (χ0n) is 15.5. The number of nitrogens with zero attached hydrogens (tertiary/aromatic N) is 2. The number of para-hydroxylation sites is 1. The molecule has 0 saturated carbocycles. The molecule has 2 aromatic carbocycles. The summed E-state index contributed by atoms with van der Waals surface area (Å²) in [7, 11) is 1.92. The SMILES string of the molecule is Cc1cc(CN(C)CC(O)COc2ccc(Oc3ccccc3)cc2)no1. The van der Waals surface area contributed by atoms with Crippen molar-refractivity contribution in [2.45, 2.75) is 19.6 Å². The molecule has 3 aromatic rings. The third kappa shape index (κ3) is 6.13. The maximum absolute atomic E-state index is 10.2. The Morgan fingerprint density at radius 3 is 2.37 bits per heavy atom. The molecule has 0 saturated heterocycles. The molecule has 0 bridgehead atoms. The van der Waals surface area contributed by atoms with Gasteiger partial charge in [0.1, 0.15) is 35.7 Å². The number of hydrogen-bond acceptors (Lipinski definition) is 6. The fraction of sp³-hybridized carbons (Fsp3) is 0.286. The highest BCUT2D eigenvalue weighted by Gasteiger charge is 2.11. The second kappa shape index (κ2) is 9.21. The molecule has 0 aliphatic rings. The van der Waals surface area contributed by atoms with Gasteiger partial charge in [-0.1, -0.05) is 23.4 Å². The van der Waals surface area contributed by atoms with Gasteiger partial charge in [0, 0.05) is 19.2 Å². The van der Waals surface area contributed by atoms with Gasteiger partial charge in [-0.3, -0.25) is 4.90 Å². The van der Waals surface area contributed by atoms with Crippen molar-refractivity contribution in [2.24, 2.45) is 0 Å². The lowest BCUT2D eigenvalue weighted by Gasteiger charge is -2.19. The van der Waals surface area contributed by atoms with Crippen molar-refractivity contribution in [3.8, 4) is 17.2 Å². The summed E-state index contributed by atoms with van der Waals surface area (Å²) in [5, 5.41) is 14.1. The molecule has 1 aromatic heterocycles. The summed E-state index contributed by atoms with van der Waals surface area (Å²) in [6.45, 7) is 3.15. The van der Waals surface area contributed by atoms with Crippen molar-refractivity contribution < 1.29 is 19.1 Å². The predicted octanol–water partition coefficient (Wildman–Crippen LogP) is 3.65. The van der Waals surface area contributed by atoms with Crippen molar-refractivity contribution in [3.63, 3.8) is 0 Å². The van der Waals surface area contributed by atoms with Crippen LogP contribution >= 0.6 is 0 Å². The predicted molar refractivity (Wildman–Crippen MR) is 102 cm³/mol. The molecule has 3 rings (SSSR count). The number of aliphatic hydroxyl groups is 1. The van der Waals surface area contributed by atoms with Crippen molar-refractivity contribution in [2.75, 3.05) is 20.2 Å². The number of hydrogen-bond donors (Lipinski definition) is 1. The Labute approximate surface area is 158 Å². The van der Waals surface area contributed by atoms with E-state index in [4.69, 9.17) is 14.0 Å². The van der Waals surface area contributed by atoms with E-state index >= 15 is 0 Å². The normalized spacial score (nSPS) is 12.1. The first-order valence-corrected chi connectivity index (χ1v) is 8.83. The lowest BCUT2D eigenvalue weighted by atomic mass is 10.3. The molecule has 6 nitrogen and oxygen atoms in total. The molecule has 1 heterocycles. The van der Waals surface area contributed by atoms with E-state index in [-0.39, 0.29) is 6.61 Å². The Balaban J connectivity index is 1.42. The van der Waals surface area contributed by atoms with E-state index < -0.39 is 6.10 Å². The largest absolute Gasteiger partial charge is 0.491 e. The second-order valence-corrected chi connectivity index (χ2v) is 6.48. The number of ether oxygens (including phenoxy) is 2. The quantitative estimate of drug-likeness (QED) is 0.622. The lowest BCUT2D eigenvalue weighted by molar-refractivity contribution is 0.0737. The van der Waals surface area contributed by atoms with Crippen molar-refractivity contribution >= 4 is 0 Å². The third-order valence-electron chi connectivity index (χ3n) is 3.88. The summed E-state index contributed by atoms with van der Waals surface area (Å²) >= 11 is 0. The Kier molecular flexibility index (Phi) is 6.46. The maximum Gasteiger partial charge on any atom is 0.133 e. The number of rotatable bonds is 9. The fourth-order valence-corrected chi connectivity index (χ4v) is 2.67. The van der Waals surface area contributed by atoms with Gasteiger partial charge in [0.2, 0.25) is 0 Å². The number of aliphatic hydroxyl groups excluding tert-OH is 1.